The SMILES string of the molecule is Cc1cc(N)cc(NCC2CCC(C)C2)c1. The molecule has 1 saturated carbocycles. The summed E-state index contributed by atoms with van der Waals surface area (Å²) >= 11 is 0. The third-order valence-corrected chi connectivity index (χ3v) is 3.50. The van der Waals surface area contributed by atoms with E-state index in [0.717, 1.165) is 29.8 Å². The van der Waals surface area contributed by atoms with E-state index < -0.39 is 0 Å². The average Bonchev–Trinajstić information content (AvgIpc) is 2.60. The van der Waals surface area contributed by atoms with Crippen molar-refractivity contribution in [2.75, 3.05) is 17.6 Å². The summed E-state index contributed by atoms with van der Waals surface area (Å²) in [6.45, 7) is 5.52. The van der Waals surface area contributed by atoms with Gasteiger partial charge in [-0.2, -0.15) is 0 Å². The van der Waals surface area contributed by atoms with Crippen LogP contribution in [0.15, 0.2) is 18.2 Å². The molecule has 1 aromatic carbocycles. The number of anilines is 2. The van der Waals surface area contributed by atoms with E-state index in [1.165, 1.54) is 24.8 Å². The first-order valence-electron chi connectivity index (χ1n) is 6.24. The van der Waals surface area contributed by atoms with E-state index in [2.05, 4.69) is 25.2 Å². The predicted octanol–water partition coefficient (Wildman–Crippen LogP) is 3.43. The third-order valence-electron chi connectivity index (χ3n) is 3.50. The zero-order valence-corrected chi connectivity index (χ0v) is 10.3. The summed E-state index contributed by atoms with van der Waals surface area (Å²) in [7, 11) is 0. The van der Waals surface area contributed by atoms with Crippen molar-refractivity contribution >= 4 is 11.4 Å². The Labute approximate surface area is 98.2 Å². The summed E-state index contributed by atoms with van der Waals surface area (Å²) in [4.78, 5) is 0. The number of hydrogen-bond acceptors (Lipinski definition) is 2. The Morgan fingerprint density at radius 2 is 2.12 bits per heavy atom. The summed E-state index contributed by atoms with van der Waals surface area (Å²) in [5.41, 5.74) is 9.06. The molecule has 1 aromatic rings. The van der Waals surface area contributed by atoms with Gasteiger partial charge in [-0.3, -0.25) is 0 Å². The van der Waals surface area contributed by atoms with Gasteiger partial charge in [-0.05, 0) is 55.4 Å². The molecule has 1 aliphatic rings. The van der Waals surface area contributed by atoms with E-state index in [-0.39, 0.29) is 0 Å². The van der Waals surface area contributed by atoms with Gasteiger partial charge in [0.05, 0.1) is 0 Å². The van der Waals surface area contributed by atoms with Gasteiger partial charge in [0.2, 0.25) is 0 Å². The van der Waals surface area contributed by atoms with Gasteiger partial charge in [0, 0.05) is 17.9 Å². The topological polar surface area (TPSA) is 38.0 Å². The van der Waals surface area contributed by atoms with Crippen molar-refractivity contribution in [3.63, 3.8) is 0 Å². The molecule has 88 valence electrons. The lowest BCUT2D eigenvalue weighted by molar-refractivity contribution is 0.537. The molecule has 2 unspecified atom stereocenters. The highest BCUT2D eigenvalue weighted by Crippen LogP contribution is 2.30. The van der Waals surface area contributed by atoms with Crippen LogP contribution >= 0.6 is 0 Å². The molecule has 1 aliphatic carbocycles. The number of hydrogen-bond donors (Lipinski definition) is 2. The maximum Gasteiger partial charge on any atom is 0.0363 e. The lowest BCUT2D eigenvalue weighted by atomic mass is 10.1. The second-order valence-electron chi connectivity index (χ2n) is 5.30. The van der Waals surface area contributed by atoms with Crippen molar-refractivity contribution in [2.45, 2.75) is 33.1 Å². The average molecular weight is 218 g/mol. The minimum atomic E-state index is 0.844. The fourth-order valence-electron chi connectivity index (χ4n) is 2.69. The molecule has 2 heteroatoms. The summed E-state index contributed by atoms with van der Waals surface area (Å²) in [6.07, 6.45) is 4.13. The maximum atomic E-state index is 5.83. The van der Waals surface area contributed by atoms with E-state index in [1.807, 2.05) is 12.1 Å². The van der Waals surface area contributed by atoms with Crippen molar-refractivity contribution in [3.8, 4) is 0 Å². The van der Waals surface area contributed by atoms with Gasteiger partial charge in [0.1, 0.15) is 0 Å². The number of aryl methyl sites for hydroxylation is 1. The van der Waals surface area contributed by atoms with Crippen molar-refractivity contribution < 1.29 is 0 Å². The van der Waals surface area contributed by atoms with E-state index in [1.54, 1.807) is 0 Å². The Morgan fingerprint density at radius 1 is 1.31 bits per heavy atom. The molecule has 3 N–H and O–H groups in total. The second kappa shape index (κ2) is 4.77. The van der Waals surface area contributed by atoms with Crippen LogP contribution in [0.25, 0.3) is 0 Å². The Morgan fingerprint density at radius 3 is 2.75 bits per heavy atom. The van der Waals surface area contributed by atoms with Crippen LogP contribution in [0.3, 0.4) is 0 Å². The van der Waals surface area contributed by atoms with Crippen LogP contribution in [0.4, 0.5) is 11.4 Å². The molecule has 16 heavy (non-hydrogen) atoms. The predicted molar refractivity (Wildman–Crippen MR) is 70.6 cm³/mol. The van der Waals surface area contributed by atoms with Gasteiger partial charge < -0.3 is 11.1 Å². The number of nitrogens with two attached hydrogens (primary N) is 1. The highest BCUT2D eigenvalue weighted by Gasteiger charge is 2.20. The first-order valence-corrected chi connectivity index (χ1v) is 6.24. The van der Waals surface area contributed by atoms with Gasteiger partial charge in [-0.15, -0.1) is 0 Å². The van der Waals surface area contributed by atoms with Crippen LogP contribution in [0.2, 0.25) is 0 Å². The van der Waals surface area contributed by atoms with E-state index in [0.29, 0.717) is 0 Å². The molecule has 0 spiro atoms. The van der Waals surface area contributed by atoms with Crippen LogP contribution in [0.1, 0.15) is 31.7 Å². The van der Waals surface area contributed by atoms with Gasteiger partial charge in [-0.1, -0.05) is 13.3 Å². The number of nitrogen functional groups attached to an aromatic ring is 1. The molecule has 0 bridgehead atoms. The molecule has 0 aliphatic heterocycles. The number of nitrogens with one attached hydrogen (secondary N) is 1. The van der Waals surface area contributed by atoms with E-state index in [9.17, 15) is 0 Å². The first kappa shape index (κ1) is 11.3. The Hall–Kier alpha value is -1.18. The van der Waals surface area contributed by atoms with Gasteiger partial charge in [0.25, 0.3) is 0 Å². The molecular formula is C14H22N2. The molecule has 0 radical (unpaired) electrons. The van der Waals surface area contributed by atoms with Crippen molar-refractivity contribution in [1.82, 2.24) is 0 Å². The van der Waals surface area contributed by atoms with Crippen molar-refractivity contribution in [3.05, 3.63) is 23.8 Å². The molecule has 1 fully saturated rings. The third kappa shape index (κ3) is 2.91. The fourth-order valence-corrected chi connectivity index (χ4v) is 2.69. The monoisotopic (exact) mass is 218 g/mol. The van der Waals surface area contributed by atoms with Gasteiger partial charge in [0.15, 0.2) is 0 Å². The molecule has 0 heterocycles. The first-order chi connectivity index (χ1) is 7.63. The van der Waals surface area contributed by atoms with Crippen LogP contribution in [0.5, 0.6) is 0 Å². The second-order valence-corrected chi connectivity index (χ2v) is 5.30. The van der Waals surface area contributed by atoms with E-state index >= 15 is 0 Å². The normalized spacial score (nSPS) is 24.6. The van der Waals surface area contributed by atoms with E-state index in [4.69, 9.17) is 5.73 Å². The van der Waals surface area contributed by atoms with Crippen LogP contribution in [-0.2, 0) is 0 Å². The quantitative estimate of drug-likeness (QED) is 0.763. The zero-order valence-electron chi connectivity index (χ0n) is 10.3. The standard InChI is InChI=1S/C14H22N2/c1-10-3-4-12(5-10)9-16-14-7-11(2)6-13(15)8-14/h6-8,10,12,16H,3-5,9,15H2,1-2H3. The lowest BCUT2D eigenvalue weighted by Crippen LogP contribution is -2.11. The highest BCUT2D eigenvalue weighted by atomic mass is 14.9. The largest absolute Gasteiger partial charge is 0.399 e. The molecule has 0 amide bonds. The minimum absolute atomic E-state index is 0.844. The van der Waals surface area contributed by atoms with Gasteiger partial charge >= 0.3 is 0 Å². The Kier molecular flexibility index (Phi) is 3.37. The van der Waals surface area contributed by atoms with Crippen molar-refractivity contribution in [2.24, 2.45) is 11.8 Å². The zero-order chi connectivity index (χ0) is 11.5. The molecule has 0 saturated heterocycles. The summed E-state index contributed by atoms with van der Waals surface area (Å²) in [5, 5.41) is 3.51. The van der Waals surface area contributed by atoms with Crippen LogP contribution < -0.4 is 11.1 Å². The molecule has 2 rings (SSSR count). The molecule has 0 aromatic heterocycles. The molecule has 2 nitrogen and oxygen atoms in total. The van der Waals surface area contributed by atoms with Crippen LogP contribution in [-0.4, -0.2) is 6.54 Å². The highest BCUT2D eigenvalue weighted by molar-refractivity contribution is 5.56. The molecular weight excluding hydrogens is 196 g/mol. The fraction of sp³-hybridized carbons (Fsp3) is 0.571. The summed E-state index contributed by atoms with van der Waals surface area (Å²) < 4.78 is 0. The summed E-state index contributed by atoms with van der Waals surface area (Å²) in [6, 6.07) is 6.18. The maximum absolute atomic E-state index is 5.83. The Balaban J connectivity index is 1.89. The summed E-state index contributed by atoms with van der Waals surface area (Å²) in [5.74, 6) is 1.76. The van der Waals surface area contributed by atoms with Gasteiger partial charge in [-0.25, -0.2) is 0 Å². The van der Waals surface area contributed by atoms with Crippen molar-refractivity contribution in [1.29, 1.82) is 0 Å². The number of rotatable bonds is 3. The Bertz CT molecular complexity index is 340. The number of benzene rings is 1. The lowest BCUT2D eigenvalue weighted by Gasteiger charge is -2.13. The molecule has 2 atom stereocenters. The minimum Gasteiger partial charge on any atom is -0.399 e. The van der Waals surface area contributed by atoms with Crippen LogP contribution in [0, 0.1) is 18.8 Å². The smallest absolute Gasteiger partial charge is 0.0363 e.